The van der Waals surface area contributed by atoms with Crippen molar-refractivity contribution in [3.8, 4) is 18.1 Å². The monoisotopic (exact) mass is 225 g/mol. The Bertz CT molecular complexity index is 320. The van der Waals surface area contributed by atoms with E-state index in [9.17, 15) is 0 Å². The Kier molecular flexibility index (Phi) is 7.53. The molecule has 0 amide bonds. The molecule has 0 radical (unpaired) electrons. The van der Waals surface area contributed by atoms with E-state index in [1.807, 2.05) is 24.3 Å². The number of hydrogen-bond acceptors (Lipinski definition) is 2. The van der Waals surface area contributed by atoms with E-state index in [1.54, 1.807) is 0 Å². The van der Waals surface area contributed by atoms with Gasteiger partial charge in [-0.25, -0.2) is 0 Å². The predicted molar refractivity (Wildman–Crippen MR) is 65.4 cm³/mol. The Morgan fingerprint density at radius 2 is 2.13 bits per heavy atom. The number of rotatable bonds is 5. The highest BCUT2D eigenvalue weighted by Crippen LogP contribution is 2.17. The third-order valence-corrected chi connectivity index (χ3v) is 1.85. The van der Waals surface area contributed by atoms with Gasteiger partial charge in [-0.3, -0.25) is 0 Å². The third-order valence-electron chi connectivity index (χ3n) is 1.85. The molecule has 0 spiro atoms. The van der Waals surface area contributed by atoms with Crippen LogP contribution >= 0.6 is 12.4 Å². The standard InChI is InChI=1S/C12H15NO.ClH/c1-3-9-14-12-8-6-5-7-11(12)10-13-4-2;/h1,5-8,13H,4,9-10H2,2H3;1H. The zero-order valence-corrected chi connectivity index (χ0v) is 9.64. The summed E-state index contributed by atoms with van der Waals surface area (Å²) >= 11 is 0. The normalized spacial score (nSPS) is 8.80. The molecule has 0 atom stereocenters. The molecule has 0 aromatic heterocycles. The zero-order chi connectivity index (χ0) is 10.2. The van der Waals surface area contributed by atoms with E-state index in [0.29, 0.717) is 6.61 Å². The maximum atomic E-state index is 5.41. The van der Waals surface area contributed by atoms with Crippen LogP contribution < -0.4 is 10.1 Å². The third kappa shape index (κ3) is 4.73. The molecule has 1 aromatic carbocycles. The van der Waals surface area contributed by atoms with Gasteiger partial charge in [0.15, 0.2) is 0 Å². The summed E-state index contributed by atoms with van der Waals surface area (Å²) in [4.78, 5) is 0. The van der Waals surface area contributed by atoms with E-state index >= 15 is 0 Å². The SMILES string of the molecule is C#CCOc1ccccc1CNCC.Cl. The Morgan fingerprint density at radius 3 is 2.80 bits per heavy atom. The number of nitrogens with one attached hydrogen (secondary N) is 1. The molecule has 2 nitrogen and oxygen atoms in total. The van der Waals surface area contributed by atoms with Crippen LogP contribution in [0.1, 0.15) is 12.5 Å². The molecule has 0 saturated heterocycles. The first-order valence-corrected chi connectivity index (χ1v) is 4.73. The van der Waals surface area contributed by atoms with E-state index in [2.05, 4.69) is 18.2 Å². The highest BCUT2D eigenvalue weighted by molar-refractivity contribution is 5.85. The zero-order valence-electron chi connectivity index (χ0n) is 8.82. The first-order valence-electron chi connectivity index (χ1n) is 4.73. The summed E-state index contributed by atoms with van der Waals surface area (Å²) < 4.78 is 5.41. The minimum Gasteiger partial charge on any atom is -0.481 e. The van der Waals surface area contributed by atoms with Crippen molar-refractivity contribution in [2.24, 2.45) is 0 Å². The molecule has 15 heavy (non-hydrogen) atoms. The Hall–Kier alpha value is -1.17. The van der Waals surface area contributed by atoms with Gasteiger partial charge in [-0.2, -0.15) is 0 Å². The lowest BCUT2D eigenvalue weighted by molar-refractivity contribution is 0.365. The Balaban J connectivity index is 0.00000196. The van der Waals surface area contributed by atoms with Gasteiger partial charge in [0.05, 0.1) is 0 Å². The van der Waals surface area contributed by atoms with Crippen molar-refractivity contribution in [1.82, 2.24) is 5.32 Å². The largest absolute Gasteiger partial charge is 0.481 e. The van der Waals surface area contributed by atoms with Crippen molar-refractivity contribution in [3.05, 3.63) is 29.8 Å². The highest BCUT2D eigenvalue weighted by atomic mass is 35.5. The summed E-state index contributed by atoms with van der Waals surface area (Å²) in [6.45, 7) is 4.16. The van der Waals surface area contributed by atoms with Crippen molar-refractivity contribution in [2.75, 3.05) is 13.2 Å². The van der Waals surface area contributed by atoms with Gasteiger partial charge >= 0.3 is 0 Å². The van der Waals surface area contributed by atoms with Gasteiger partial charge < -0.3 is 10.1 Å². The minimum absolute atomic E-state index is 0. The van der Waals surface area contributed by atoms with Gasteiger partial charge in [-0.05, 0) is 12.6 Å². The predicted octanol–water partition coefficient (Wildman–Crippen LogP) is 2.23. The van der Waals surface area contributed by atoms with Crippen molar-refractivity contribution in [2.45, 2.75) is 13.5 Å². The Morgan fingerprint density at radius 1 is 1.40 bits per heavy atom. The lowest BCUT2D eigenvalue weighted by Gasteiger charge is -2.09. The summed E-state index contributed by atoms with van der Waals surface area (Å²) in [6.07, 6.45) is 5.14. The van der Waals surface area contributed by atoms with E-state index in [0.717, 1.165) is 24.4 Å². The first kappa shape index (κ1) is 13.8. The van der Waals surface area contributed by atoms with Crippen molar-refractivity contribution in [3.63, 3.8) is 0 Å². The summed E-state index contributed by atoms with van der Waals surface area (Å²) in [5, 5.41) is 3.25. The number of halogens is 1. The van der Waals surface area contributed by atoms with Crippen LogP contribution in [0.25, 0.3) is 0 Å². The Labute approximate surface area is 97.4 Å². The minimum atomic E-state index is 0. The van der Waals surface area contributed by atoms with Gasteiger partial charge in [0.1, 0.15) is 12.4 Å². The average molecular weight is 226 g/mol. The summed E-state index contributed by atoms with van der Waals surface area (Å²) in [5.74, 6) is 3.32. The van der Waals surface area contributed by atoms with Crippen LogP contribution in [0.3, 0.4) is 0 Å². The van der Waals surface area contributed by atoms with Gasteiger partial charge in [-0.15, -0.1) is 18.8 Å². The molecule has 0 aliphatic rings. The van der Waals surface area contributed by atoms with Crippen LogP contribution in [0.4, 0.5) is 0 Å². The number of para-hydroxylation sites is 1. The second-order valence-corrected chi connectivity index (χ2v) is 2.88. The fraction of sp³-hybridized carbons (Fsp3) is 0.333. The summed E-state index contributed by atoms with van der Waals surface area (Å²) in [5.41, 5.74) is 1.14. The van der Waals surface area contributed by atoms with E-state index in [4.69, 9.17) is 11.2 Å². The molecule has 0 heterocycles. The second kappa shape index (κ2) is 8.16. The lowest BCUT2D eigenvalue weighted by atomic mass is 10.2. The van der Waals surface area contributed by atoms with E-state index < -0.39 is 0 Å². The van der Waals surface area contributed by atoms with Gasteiger partial charge in [0.2, 0.25) is 0 Å². The molecule has 1 rings (SSSR count). The maximum Gasteiger partial charge on any atom is 0.148 e. The van der Waals surface area contributed by atoms with Crippen LogP contribution in [0, 0.1) is 12.3 Å². The van der Waals surface area contributed by atoms with E-state index in [1.165, 1.54) is 0 Å². The lowest BCUT2D eigenvalue weighted by Crippen LogP contribution is -2.12. The van der Waals surface area contributed by atoms with Crippen molar-refractivity contribution >= 4 is 12.4 Å². The number of ether oxygens (including phenoxy) is 1. The summed E-state index contributed by atoms with van der Waals surface area (Å²) in [6, 6.07) is 7.91. The van der Waals surface area contributed by atoms with Crippen LogP contribution in [0.15, 0.2) is 24.3 Å². The van der Waals surface area contributed by atoms with Crippen LogP contribution in [0.5, 0.6) is 5.75 Å². The quantitative estimate of drug-likeness (QED) is 0.776. The van der Waals surface area contributed by atoms with Crippen LogP contribution in [-0.4, -0.2) is 13.2 Å². The summed E-state index contributed by atoms with van der Waals surface area (Å²) in [7, 11) is 0. The molecule has 1 aromatic rings. The van der Waals surface area contributed by atoms with Crippen molar-refractivity contribution in [1.29, 1.82) is 0 Å². The van der Waals surface area contributed by atoms with Crippen LogP contribution in [0.2, 0.25) is 0 Å². The molecular weight excluding hydrogens is 210 g/mol. The fourth-order valence-electron chi connectivity index (χ4n) is 1.17. The fourth-order valence-corrected chi connectivity index (χ4v) is 1.17. The van der Waals surface area contributed by atoms with Crippen molar-refractivity contribution < 1.29 is 4.74 Å². The molecule has 82 valence electrons. The van der Waals surface area contributed by atoms with Gasteiger partial charge in [0, 0.05) is 12.1 Å². The van der Waals surface area contributed by atoms with E-state index in [-0.39, 0.29) is 12.4 Å². The maximum absolute atomic E-state index is 5.41. The molecule has 0 fully saturated rings. The van der Waals surface area contributed by atoms with Crippen LogP contribution in [-0.2, 0) is 6.54 Å². The topological polar surface area (TPSA) is 21.3 Å². The molecule has 0 saturated carbocycles. The molecule has 0 aliphatic heterocycles. The smallest absolute Gasteiger partial charge is 0.148 e. The average Bonchev–Trinajstić information content (AvgIpc) is 2.24. The molecule has 3 heteroatoms. The molecule has 0 aliphatic carbocycles. The second-order valence-electron chi connectivity index (χ2n) is 2.88. The van der Waals surface area contributed by atoms with Gasteiger partial charge in [-0.1, -0.05) is 31.0 Å². The molecular formula is C12H16ClNO. The highest BCUT2D eigenvalue weighted by Gasteiger charge is 2.00. The first-order chi connectivity index (χ1) is 6.88. The van der Waals surface area contributed by atoms with Gasteiger partial charge in [0.25, 0.3) is 0 Å². The number of hydrogen-bond donors (Lipinski definition) is 1. The molecule has 0 unspecified atom stereocenters. The molecule has 0 bridgehead atoms. The number of benzene rings is 1. The molecule has 1 N–H and O–H groups in total. The number of terminal acetylenes is 1.